The van der Waals surface area contributed by atoms with Gasteiger partial charge in [-0.25, -0.2) is 0 Å². The Bertz CT molecular complexity index is 585. The Morgan fingerprint density at radius 3 is 2.18 bits per heavy atom. The smallest absolute Gasteiger partial charge is 0.0591 e. The van der Waals surface area contributed by atoms with Crippen LogP contribution < -0.4 is 11.5 Å². The van der Waals surface area contributed by atoms with Crippen molar-refractivity contribution in [3.05, 3.63) is 77.0 Å². The predicted octanol–water partition coefficient (Wildman–Crippen LogP) is 2.42. The Morgan fingerprint density at radius 1 is 0.765 bits per heavy atom. The van der Waals surface area contributed by atoms with Crippen molar-refractivity contribution in [3.63, 3.8) is 0 Å². The zero-order valence-electron chi connectivity index (χ0n) is 9.43. The third-order valence-corrected chi connectivity index (χ3v) is 3.32. The maximum absolute atomic E-state index is 6.16. The zero-order chi connectivity index (χ0) is 11.8. The highest BCUT2D eigenvalue weighted by Crippen LogP contribution is 2.40. The molecule has 0 aromatic heterocycles. The molecule has 17 heavy (non-hydrogen) atoms. The molecule has 2 aromatic carbocycles. The van der Waals surface area contributed by atoms with Gasteiger partial charge in [-0.05, 0) is 11.1 Å². The molecule has 84 valence electrons. The molecule has 0 bridgehead atoms. The fraction of sp³-hybridized carbons (Fsp3) is 0.0667. The monoisotopic (exact) mass is 222 g/mol. The number of fused-ring (bicyclic) bond motifs is 1. The standard InChI is InChI=1S/C15H14N2/c16-14-12-9-5-4-8-11(12)13(15(14)17)10-6-2-1-3-7-10/h1-9,13H,16-17H2. The van der Waals surface area contributed by atoms with E-state index in [0.717, 1.165) is 17.0 Å². The summed E-state index contributed by atoms with van der Waals surface area (Å²) in [6, 6.07) is 18.4. The molecule has 0 saturated heterocycles. The zero-order valence-corrected chi connectivity index (χ0v) is 9.43. The molecule has 1 unspecified atom stereocenters. The Hall–Kier alpha value is -2.22. The molecule has 0 fully saturated rings. The van der Waals surface area contributed by atoms with Crippen molar-refractivity contribution in [3.8, 4) is 0 Å². The fourth-order valence-electron chi connectivity index (χ4n) is 2.48. The summed E-state index contributed by atoms with van der Waals surface area (Å²) >= 11 is 0. The van der Waals surface area contributed by atoms with Crippen LogP contribution in [0.4, 0.5) is 0 Å². The number of hydrogen-bond donors (Lipinski definition) is 2. The third-order valence-electron chi connectivity index (χ3n) is 3.32. The summed E-state index contributed by atoms with van der Waals surface area (Å²) in [5, 5.41) is 0. The predicted molar refractivity (Wildman–Crippen MR) is 70.0 cm³/mol. The Balaban J connectivity index is 2.20. The van der Waals surface area contributed by atoms with Crippen LogP contribution in [0.2, 0.25) is 0 Å². The molecular formula is C15H14N2. The van der Waals surface area contributed by atoms with Crippen LogP contribution in [0, 0.1) is 0 Å². The molecule has 1 aliphatic rings. The molecule has 0 aliphatic heterocycles. The molecule has 1 aliphatic carbocycles. The first-order valence-corrected chi connectivity index (χ1v) is 5.68. The van der Waals surface area contributed by atoms with Crippen LogP contribution >= 0.6 is 0 Å². The van der Waals surface area contributed by atoms with Crippen LogP contribution in [0.25, 0.3) is 5.70 Å². The van der Waals surface area contributed by atoms with E-state index in [0.29, 0.717) is 0 Å². The largest absolute Gasteiger partial charge is 0.400 e. The highest BCUT2D eigenvalue weighted by molar-refractivity contribution is 5.77. The van der Waals surface area contributed by atoms with Crippen LogP contribution in [0.1, 0.15) is 22.6 Å². The van der Waals surface area contributed by atoms with Gasteiger partial charge in [-0.3, -0.25) is 0 Å². The molecule has 2 heteroatoms. The van der Waals surface area contributed by atoms with Crippen molar-refractivity contribution in [1.82, 2.24) is 0 Å². The quantitative estimate of drug-likeness (QED) is 0.778. The summed E-state index contributed by atoms with van der Waals surface area (Å²) in [6.45, 7) is 0. The van der Waals surface area contributed by atoms with Gasteiger partial charge in [-0.15, -0.1) is 0 Å². The van der Waals surface area contributed by atoms with Crippen molar-refractivity contribution in [2.24, 2.45) is 11.5 Å². The molecule has 0 spiro atoms. The van der Waals surface area contributed by atoms with Gasteiger partial charge in [0.25, 0.3) is 0 Å². The molecule has 0 amide bonds. The number of hydrogen-bond acceptors (Lipinski definition) is 2. The van der Waals surface area contributed by atoms with Crippen molar-refractivity contribution >= 4 is 5.70 Å². The fourth-order valence-corrected chi connectivity index (χ4v) is 2.48. The minimum atomic E-state index is 0.104. The number of nitrogens with two attached hydrogens (primary N) is 2. The molecular weight excluding hydrogens is 208 g/mol. The maximum Gasteiger partial charge on any atom is 0.0591 e. The van der Waals surface area contributed by atoms with E-state index in [1.54, 1.807) is 0 Å². The van der Waals surface area contributed by atoms with Crippen LogP contribution in [0.15, 0.2) is 60.3 Å². The summed E-state index contributed by atoms with van der Waals surface area (Å²) in [5.74, 6) is 0.104. The summed E-state index contributed by atoms with van der Waals surface area (Å²) < 4.78 is 0. The average molecular weight is 222 g/mol. The highest BCUT2D eigenvalue weighted by atomic mass is 14.7. The minimum Gasteiger partial charge on any atom is -0.400 e. The van der Waals surface area contributed by atoms with Gasteiger partial charge in [0.1, 0.15) is 0 Å². The normalized spacial score (nSPS) is 18.2. The molecule has 0 radical (unpaired) electrons. The van der Waals surface area contributed by atoms with Gasteiger partial charge in [0, 0.05) is 11.3 Å². The van der Waals surface area contributed by atoms with Gasteiger partial charge in [0.15, 0.2) is 0 Å². The van der Waals surface area contributed by atoms with Crippen molar-refractivity contribution < 1.29 is 0 Å². The number of benzene rings is 2. The van der Waals surface area contributed by atoms with Gasteiger partial charge in [0.05, 0.1) is 11.6 Å². The SMILES string of the molecule is NC1=C(N)C(c2ccccc2)c2ccccc21. The Morgan fingerprint density at radius 2 is 1.41 bits per heavy atom. The lowest BCUT2D eigenvalue weighted by Gasteiger charge is -2.13. The number of allylic oxidation sites excluding steroid dienone is 1. The van der Waals surface area contributed by atoms with E-state index in [-0.39, 0.29) is 5.92 Å². The van der Waals surface area contributed by atoms with Crippen molar-refractivity contribution in [1.29, 1.82) is 0 Å². The van der Waals surface area contributed by atoms with Crippen LogP contribution in [-0.4, -0.2) is 0 Å². The topological polar surface area (TPSA) is 52.0 Å². The molecule has 2 nitrogen and oxygen atoms in total. The second-order valence-electron chi connectivity index (χ2n) is 4.30. The molecule has 4 N–H and O–H groups in total. The van der Waals surface area contributed by atoms with E-state index in [2.05, 4.69) is 18.2 Å². The summed E-state index contributed by atoms with van der Waals surface area (Å²) in [4.78, 5) is 0. The van der Waals surface area contributed by atoms with Gasteiger partial charge in [-0.1, -0.05) is 54.6 Å². The van der Waals surface area contributed by atoms with E-state index in [9.17, 15) is 0 Å². The van der Waals surface area contributed by atoms with E-state index < -0.39 is 0 Å². The molecule has 1 atom stereocenters. The first kappa shape index (κ1) is 9.97. The summed E-state index contributed by atoms with van der Waals surface area (Å²) in [6.07, 6.45) is 0. The van der Waals surface area contributed by atoms with E-state index in [4.69, 9.17) is 11.5 Å². The van der Waals surface area contributed by atoms with Gasteiger partial charge < -0.3 is 11.5 Å². The molecule has 0 heterocycles. The van der Waals surface area contributed by atoms with E-state index in [1.807, 2.05) is 36.4 Å². The van der Waals surface area contributed by atoms with Crippen molar-refractivity contribution in [2.45, 2.75) is 5.92 Å². The van der Waals surface area contributed by atoms with Crippen molar-refractivity contribution in [2.75, 3.05) is 0 Å². The van der Waals surface area contributed by atoms with E-state index >= 15 is 0 Å². The maximum atomic E-state index is 6.16. The first-order chi connectivity index (χ1) is 8.29. The molecule has 2 aromatic rings. The summed E-state index contributed by atoms with van der Waals surface area (Å²) in [7, 11) is 0. The van der Waals surface area contributed by atoms with Crippen LogP contribution in [0.5, 0.6) is 0 Å². The molecule has 0 saturated carbocycles. The lowest BCUT2D eigenvalue weighted by molar-refractivity contribution is 0.956. The number of rotatable bonds is 1. The second-order valence-corrected chi connectivity index (χ2v) is 4.30. The molecule has 3 rings (SSSR count). The van der Waals surface area contributed by atoms with E-state index in [1.165, 1.54) is 11.1 Å². The third kappa shape index (κ3) is 1.41. The first-order valence-electron chi connectivity index (χ1n) is 5.68. The highest BCUT2D eigenvalue weighted by Gasteiger charge is 2.28. The average Bonchev–Trinajstić information content (AvgIpc) is 2.64. The van der Waals surface area contributed by atoms with Crippen LogP contribution in [-0.2, 0) is 0 Å². The summed E-state index contributed by atoms with van der Waals surface area (Å²) in [5.41, 5.74) is 17.2. The van der Waals surface area contributed by atoms with Gasteiger partial charge in [-0.2, -0.15) is 0 Å². The second kappa shape index (κ2) is 3.67. The minimum absolute atomic E-state index is 0.104. The Kier molecular flexibility index (Phi) is 2.15. The van der Waals surface area contributed by atoms with Gasteiger partial charge in [0.2, 0.25) is 0 Å². The Labute approximate surface area is 101 Å². The lowest BCUT2D eigenvalue weighted by Crippen LogP contribution is -2.10. The lowest BCUT2D eigenvalue weighted by atomic mass is 9.92. The van der Waals surface area contributed by atoms with Crippen LogP contribution in [0.3, 0.4) is 0 Å². The van der Waals surface area contributed by atoms with Gasteiger partial charge >= 0.3 is 0 Å².